The summed E-state index contributed by atoms with van der Waals surface area (Å²) in [7, 11) is 0. The molecule has 1 unspecified atom stereocenters. The van der Waals surface area contributed by atoms with Crippen molar-refractivity contribution < 1.29 is 4.79 Å². The van der Waals surface area contributed by atoms with Crippen molar-refractivity contribution in [3.05, 3.63) is 53.5 Å². The molecule has 0 aliphatic carbocycles. The molecular weight excluding hydrogens is 290 g/mol. The molecule has 4 heterocycles. The van der Waals surface area contributed by atoms with Crippen molar-refractivity contribution >= 4 is 11.6 Å². The van der Waals surface area contributed by atoms with E-state index in [1.807, 2.05) is 53.7 Å². The van der Waals surface area contributed by atoms with Gasteiger partial charge in [0.05, 0.1) is 0 Å². The molecule has 0 aromatic carbocycles. The molecule has 0 radical (unpaired) electrons. The minimum absolute atomic E-state index is 0.00104. The van der Waals surface area contributed by atoms with E-state index in [1.54, 1.807) is 0 Å². The summed E-state index contributed by atoms with van der Waals surface area (Å²) in [5.74, 6) is 1.26. The molecule has 1 aliphatic rings. The van der Waals surface area contributed by atoms with Gasteiger partial charge in [-0.1, -0.05) is 6.07 Å². The molecule has 6 heteroatoms. The van der Waals surface area contributed by atoms with E-state index in [4.69, 9.17) is 0 Å². The zero-order chi connectivity index (χ0) is 16.0. The predicted octanol–water partition coefficient (Wildman–Crippen LogP) is 2.30. The number of hydrogen-bond donors (Lipinski definition) is 1. The quantitative estimate of drug-likeness (QED) is 0.790. The fourth-order valence-corrected chi connectivity index (χ4v) is 3.22. The van der Waals surface area contributed by atoms with E-state index in [9.17, 15) is 4.79 Å². The standard InChI is InChI=1S/C17H19N5O/c1-11-8-18-16(19-11)13-6-7-21(9-13)17(23)14-10-22-12(2)4-3-5-15(22)20-14/h3-5,8,10,13H,6-7,9H2,1-2H3,(H,18,19). The van der Waals surface area contributed by atoms with Crippen molar-refractivity contribution in [3.8, 4) is 0 Å². The Labute approximate surface area is 134 Å². The Hall–Kier alpha value is -2.63. The SMILES string of the molecule is Cc1cnc(C2CCN(C(=O)c3cn4c(C)cccc4n3)C2)[nH]1. The van der Waals surface area contributed by atoms with Crippen LogP contribution in [0.1, 0.15) is 40.0 Å². The fraction of sp³-hybridized carbons (Fsp3) is 0.353. The van der Waals surface area contributed by atoms with Crippen molar-refractivity contribution in [2.75, 3.05) is 13.1 Å². The molecule has 0 spiro atoms. The third-order valence-corrected chi connectivity index (χ3v) is 4.50. The molecule has 1 amide bonds. The van der Waals surface area contributed by atoms with Gasteiger partial charge in [-0.3, -0.25) is 4.79 Å². The summed E-state index contributed by atoms with van der Waals surface area (Å²) < 4.78 is 1.96. The van der Waals surface area contributed by atoms with Gasteiger partial charge < -0.3 is 14.3 Å². The number of likely N-dealkylation sites (tertiary alicyclic amines) is 1. The molecule has 6 nitrogen and oxygen atoms in total. The lowest BCUT2D eigenvalue weighted by Crippen LogP contribution is -2.28. The maximum absolute atomic E-state index is 12.7. The van der Waals surface area contributed by atoms with E-state index >= 15 is 0 Å². The van der Waals surface area contributed by atoms with Gasteiger partial charge in [-0.15, -0.1) is 0 Å². The molecule has 23 heavy (non-hydrogen) atoms. The number of aromatic amines is 1. The predicted molar refractivity (Wildman–Crippen MR) is 86.5 cm³/mol. The summed E-state index contributed by atoms with van der Waals surface area (Å²) in [6, 6.07) is 5.88. The molecule has 3 aromatic heterocycles. The topological polar surface area (TPSA) is 66.3 Å². The van der Waals surface area contributed by atoms with Gasteiger partial charge in [-0.05, 0) is 32.4 Å². The van der Waals surface area contributed by atoms with Crippen LogP contribution in [0.3, 0.4) is 0 Å². The van der Waals surface area contributed by atoms with E-state index in [0.29, 0.717) is 12.2 Å². The van der Waals surface area contributed by atoms with Crippen LogP contribution in [-0.2, 0) is 0 Å². The molecule has 118 valence electrons. The number of aryl methyl sites for hydroxylation is 2. The van der Waals surface area contributed by atoms with E-state index in [-0.39, 0.29) is 11.8 Å². The highest BCUT2D eigenvalue weighted by Crippen LogP contribution is 2.26. The summed E-state index contributed by atoms with van der Waals surface area (Å²) >= 11 is 0. The van der Waals surface area contributed by atoms with E-state index in [1.165, 1.54) is 0 Å². The van der Waals surface area contributed by atoms with E-state index < -0.39 is 0 Å². The van der Waals surface area contributed by atoms with Crippen molar-refractivity contribution in [1.82, 2.24) is 24.3 Å². The Balaban J connectivity index is 1.56. The first-order chi connectivity index (χ1) is 11.1. The van der Waals surface area contributed by atoms with Gasteiger partial charge >= 0.3 is 0 Å². The molecule has 0 bridgehead atoms. The molecule has 1 atom stereocenters. The molecule has 1 fully saturated rings. The highest BCUT2D eigenvalue weighted by atomic mass is 16.2. The Kier molecular flexibility index (Phi) is 3.18. The number of carbonyl (C=O) groups is 1. The van der Waals surface area contributed by atoms with Crippen LogP contribution in [0.4, 0.5) is 0 Å². The number of pyridine rings is 1. The zero-order valence-corrected chi connectivity index (χ0v) is 13.3. The maximum atomic E-state index is 12.7. The number of nitrogens with one attached hydrogen (secondary N) is 1. The summed E-state index contributed by atoms with van der Waals surface area (Å²) in [6.07, 6.45) is 4.60. The van der Waals surface area contributed by atoms with E-state index in [2.05, 4.69) is 15.0 Å². The zero-order valence-electron chi connectivity index (χ0n) is 13.3. The van der Waals surface area contributed by atoms with Gasteiger partial charge in [0, 0.05) is 42.8 Å². The Morgan fingerprint density at radius 3 is 2.96 bits per heavy atom. The summed E-state index contributed by atoms with van der Waals surface area (Å²) in [5, 5.41) is 0. The minimum Gasteiger partial charge on any atom is -0.346 e. The highest BCUT2D eigenvalue weighted by Gasteiger charge is 2.30. The third kappa shape index (κ3) is 2.40. The Bertz CT molecular complexity index is 878. The summed E-state index contributed by atoms with van der Waals surface area (Å²) in [4.78, 5) is 26.7. The average Bonchev–Trinajstić information content (AvgIpc) is 3.25. The number of aromatic nitrogens is 4. The van der Waals surface area contributed by atoms with Crippen LogP contribution in [0, 0.1) is 13.8 Å². The maximum Gasteiger partial charge on any atom is 0.274 e. The summed E-state index contributed by atoms with van der Waals surface area (Å²) in [6.45, 7) is 5.44. The van der Waals surface area contributed by atoms with Crippen LogP contribution in [0.2, 0.25) is 0 Å². The van der Waals surface area contributed by atoms with Gasteiger partial charge in [0.25, 0.3) is 5.91 Å². The van der Waals surface area contributed by atoms with Gasteiger partial charge in [0.15, 0.2) is 0 Å². The van der Waals surface area contributed by atoms with Crippen molar-refractivity contribution in [1.29, 1.82) is 0 Å². The largest absolute Gasteiger partial charge is 0.346 e. The summed E-state index contributed by atoms with van der Waals surface area (Å²) in [5.41, 5.74) is 3.45. The molecule has 4 rings (SSSR count). The molecule has 3 aromatic rings. The van der Waals surface area contributed by atoms with Crippen LogP contribution < -0.4 is 0 Å². The van der Waals surface area contributed by atoms with Crippen LogP contribution in [0.5, 0.6) is 0 Å². The second-order valence-corrected chi connectivity index (χ2v) is 6.21. The van der Waals surface area contributed by atoms with Crippen LogP contribution in [0.25, 0.3) is 5.65 Å². The Morgan fingerprint density at radius 2 is 2.22 bits per heavy atom. The monoisotopic (exact) mass is 309 g/mol. The highest BCUT2D eigenvalue weighted by molar-refractivity contribution is 5.93. The van der Waals surface area contributed by atoms with Crippen LogP contribution in [-0.4, -0.2) is 43.2 Å². The molecule has 1 aliphatic heterocycles. The van der Waals surface area contributed by atoms with Gasteiger partial charge in [-0.25, -0.2) is 9.97 Å². The lowest BCUT2D eigenvalue weighted by molar-refractivity contribution is 0.0785. The number of nitrogens with zero attached hydrogens (tertiary/aromatic N) is 4. The number of carbonyl (C=O) groups excluding carboxylic acids is 1. The first kappa shape index (κ1) is 14.0. The second kappa shape index (κ2) is 5.22. The number of hydrogen-bond acceptors (Lipinski definition) is 3. The Morgan fingerprint density at radius 1 is 1.35 bits per heavy atom. The first-order valence-corrected chi connectivity index (χ1v) is 7.87. The number of H-pyrrole nitrogens is 1. The van der Waals surface area contributed by atoms with Crippen LogP contribution >= 0.6 is 0 Å². The lowest BCUT2D eigenvalue weighted by atomic mass is 10.1. The first-order valence-electron chi connectivity index (χ1n) is 7.87. The smallest absolute Gasteiger partial charge is 0.274 e. The average molecular weight is 309 g/mol. The van der Waals surface area contributed by atoms with Crippen LogP contribution in [0.15, 0.2) is 30.6 Å². The fourth-order valence-electron chi connectivity index (χ4n) is 3.22. The molecule has 1 N–H and O–H groups in total. The molecule has 1 saturated heterocycles. The van der Waals surface area contributed by atoms with Gasteiger partial charge in [0.2, 0.25) is 0 Å². The lowest BCUT2D eigenvalue weighted by Gasteiger charge is -2.14. The molecular formula is C17H19N5O. The molecule has 0 saturated carbocycles. The van der Waals surface area contributed by atoms with Gasteiger partial charge in [-0.2, -0.15) is 0 Å². The van der Waals surface area contributed by atoms with Crippen molar-refractivity contribution in [2.24, 2.45) is 0 Å². The van der Waals surface area contributed by atoms with E-state index in [0.717, 1.165) is 35.8 Å². The second-order valence-electron chi connectivity index (χ2n) is 6.21. The number of amides is 1. The third-order valence-electron chi connectivity index (χ3n) is 4.50. The minimum atomic E-state index is -0.00104. The van der Waals surface area contributed by atoms with Gasteiger partial charge in [0.1, 0.15) is 17.2 Å². The van der Waals surface area contributed by atoms with Crippen molar-refractivity contribution in [2.45, 2.75) is 26.2 Å². The van der Waals surface area contributed by atoms with Crippen molar-refractivity contribution in [3.63, 3.8) is 0 Å². The number of rotatable bonds is 2. The number of fused-ring (bicyclic) bond motifs is 1. The normalized spacial score (nSPS) is 18.0. The number of imidazole rings is 2.